The summed E-state index contributed by atoms with van der Waals surface area (Å²) in [5.41, 5.74) is -1.67. The van der Waals surface area contributed by atoms with Gasteiger partial charge in [-0.25, -0.2) is 13.2 Å². The molecule has 0 aromatic rings. The highest BCUT2D eigenvalue weighted by Crippen LogP contribution is 2.27. The standard InChI is InChI=1S/C8H14O6S/c9-3-4-14-8(7(10)11)2-1-5-15(12,13)6-8/h9H,1-6H2,(H,10,11). The second-order valence-corrected chi connectivity index (χ2v) is 5.75. The molecule has 1 rings (SSSR count). The maximum absolute atomic E-state index is 11.3. The van der Waals surface area contributed by atoms with Crippen LogP contribution in [0.5, 0.6) is 0 Å². The van der Waals surface area contributed by atoms with E-state index in [-0.39, 0.29) is 31.8 Å². The number of aliphatic carboxylic acids is 1. The largest absolute Gasteiger partial charge is 0.479 e. The molecule has 7 heteroatoms. The van der Waals surface area contributed by atoms with Crippen LogP contribution in [0.3, 0.4) is 0 Å². The maximum atomic E-state index is 11.3. The van der Waals surface area contributed by atoms with Crippen LogP contribution in [-0.4, -0.2) is 54.9 Å². The second-order valence-electron chi connectivity index (χ2n) is 3.57. The first-order chi connectivity index (χ1) is 6.92. The fourth-order valence-corrected chi connectivity index (χ4v) is 3.45. The van der Waals surface area contributed by atoms with Gasteiger partial charge in [0.25, 0.3) is 0 Å². The van der Waals surface area contributed by atoms with E-state index in [1.54, 1.807) is 0 Å². The third-order valence-corrected chi connectivity index (χ3v) is 4.17. The van der Waals surface area contributed by atoms with Gasteiger partial charge < -0.3 is 14.9 Å². The summed E-state index contributed by atoms with van der Waals surface area (Å²) in [6, 6.07) is 0. The predicted molar refractivity (Wildman–Crippen MR) is 51.3 cm³/mol. The van der Waals surface area contributed by atoms with E-state index < -0.39 is 27.2 Å². The van der Waals surface area contributed by atoms with Gasteiger partial charge in [-0.15, -0.1) is 0 Å². The number of aliphatic hydroxyl groups excluding tert-OH is 1. The molecule has 15 heavy (non-hydrogen) atoms. The molecule has 88 valence electrons. The van der Waals surface area contributed by atoms with E-state index in [9.17, 15) is 13.2 Å². The molecule has 0 radical (unpaired) electrons. The van der Waals surface area contributed by atoms with E-state index in [2.05, 4.69) is 0 Å². The van der Waals surface area contributed by atoms with Crippen molar-refractivity contribution in [3.05, 3.63) is 0 Å². The van der Waals surface area contributed by atoms with Gasteiger partial charge in [0.2, 0.25) is 0 Å². The normalized spacial score (nSPS) is 29.9. The Labute approximate surface area is 87.8 Å². The SMILES string of the molecule is O=C(O)C1(OCCO)CCCS(=O)(=O)C1. The van der Waals surface area contributed by atoms with Crippen molar-refractivity contribution in [2.24, 2.45) is 0 Å². The number of carbonyl (C=O) groups is 1. The first-order valence-corrected chi connectivity index (χ1v) is 6.43. The summed E-state index contributed by atoms with van der Waals surface area (Å²) in [6.07, 6.45) is 0.446. The van der Waals surface area contributed by atoms with Crippen LogP contribution in [0, 0.1) is 0 Å². The number of hydrogen-bond acceptors (Lipinski definition) is 5. The summed E-state index contributed by atoms with van der Waals surface area (Å²) >= 11 is 0. The lowest BCUT2D eigenvalue weighted by atomic mass is 10.00. The van der Waals surface area contributed by atoms with Crippen LogP contribution in [0.25, 0.3) is 0 Å². The Morgan fingerprint density at radius 2 is 2.13 bits per heavy atom. The summed E-state index contributed by atoms with van der Waals surface area (Å²) in [6.45, 7) is -0.489. The van der Waals surface area contributed by atoms with Crippen molar-refractivity contribution in [2.45, 2.75) is 18.4 Å². The van der Waals surface area contributed by atoms with Gasteiger partial charge in [0, 0.05) is 0 Å². The van der Waals surface area contributed by atoms with E-state index in [0.29, 0.717) is 0 Å². The monoisotopic (exact) mass is 238 g/mol. The van der Waals surface area contributed by atoms with Crippen molar-refractivity contribution >= 4 is 15.8 Å². The van der Waals surface area contributed by atoms with Crippen LogP contribution >= 0.6 is 0 Å². The summed E-state index contributed by atoms with van der Waals surface area (Å²) < 4.78 is 27.6. The number of hydrogen-bond donors (Lipinski definition) is 2. The molecule has 0 bridgehead atoms. The highest BCUT2D eigenvalue weighted by molar-refractivity contribution is 7.91. The van der Waals surface area contributed by atoms with Gasteiger partial charge >= 0.3 is 5.97 Å². The highest BCUT2D eigenvalue weighted by Gasteiger charge is 2.46. The number of sulfone groups is 1. The number of carboxylic acids is 1. The average Bonchev–Trinajstić information content (AvgIpc) is 2.13. The molecule has 1 atom stereocenters. The van der Waals surface area contributed by atoms with Gasteiger partial charge in [0.15, 0.2) is 15.4 Å². The molecule has 1 aliphatic rings. The maximum Gasteiger partial charge on any atom is 0.337 e. The van der Waals surface area contributed by atoms with Gasteiger partial charge in [-0.1, -0.05) is 0 Å². The lowest BCUT2D eigenvalue weighted by molar-refractivity contribution is -0.165. The van der Waals surface area contributed by atoms with Gasteiger partial charge in [-0.05, 0) is 12.8 Å². The Kier molecular flexibility index (Phi) is 3.69. The zero-order chi connectivity index (χ0) is 11.5. The van der Waals surface area contributed by atoms with Gasteiger partial charge in [-0.2, -0.15) is 0 Å². The quantitative estimate of drug-likeness (QED) is 0.653. The molecule has 1 saturated heterocycles. The zero-order valence-electron chi connectivity index (χ0n) is 8.18. The number of rotatable bonds is 4. The fourth-order valence-electron chi connectivity index (χ4n) is 1.66. The topological polar surface area (TPSA) is 101 Å². The van der Waals surface area contributed by atoms with Crippen LogP contribution in [0.15, 0.2) is 0 Å². The van der Waals surface area contributed by atoms with Gasteiger partial charge in [0.05, 0.1) is 24.7 Å². The Bertz CT molecular complexity index is 335. The lowest BCUT2D eigenvalue weighted by Gasteiger charge is -2.32. The van der Waals surface area contributed by atoms with Gasteiger partial charge in [0.1, 0.15) is 0 Å². The molecule has 1 fully saturated rings. The van der Waals surface area contributed by atoms with Crippen LogP contribution < -0.4 is 0 Å². The summed E-state index contributed by atoms with van der Waals surface area (Å²) in [5.74, 6) is -1.78. The van der Waals surface area contributed by atoms with E-state index in [1.807, 2.05) is 0 Å². The Morgan fingerprint density at radius 3 is 2.60 bits per heavy atom. The average molecular weight is 238 g/mol. The van der Waals surface area contributed by atoms with E-state index in [1.165, 1.54) is 0 Å². The third-order valence-electron chi connectivity index (χ3n) is 2.35. The molecule has 2 N–H and O–H groups in total. The number of carboxylic acid groups (broad SMARTS) is 1. The van der Waals surface area contributed by atoms with Crippen molar-refractivity contribution in [1.82, 2.24) is 0 Å². The van der Waals surface area contributed by atoms with Crippen LogP contribution in [0.2, 0.25) is 0 Å². The molecule has 0 saturated carbocycles. The fraction of sp³-hybridized carbons (Fsp3) is 0.875. The molecule has 6 nitrogen and oxygen atoms in total. The molecular weight excluding hydrogens is 224 g/mol. The second kappa shape index (κ2) is 4.46. The smallest absolute Gasteiger partial charge is 0.337 e. The first-order valence-electron chi connectivity index (χ1n) is 4.60. The highest BCUT2D eigenvalue weighted by atomic mass is 32.2. The van der Waals surface area contributed by atoms with Crippen molar-refractivity contribution in [1.29, 1.82) is 0 Å². The van der Waals surface area contributed by atoms with Crippen molar-refractivity contribution < 1.29 is 28.2 Å². The zero-order valence-corrected chi connectivity index (χ0v) is 8.99. The molecule has 1 unspecified atom stereocenters. The first kappa shape index (κ1) is 12.4. The van der Waals surface area contributed by atoms with E-state index in [4.69, 9.17) is 14.9 Å². The van der Waals surface area contributed by atoms with Crippen molar-refractivity contribution in [3.63, 3.8) is 0 Å². The molecule has 0 aliphatic carbocycles. The summed E-state index contributed by atoms with van der Waals surface area (Å²) in [5, 5.41) is 17.5. The molecule has 1 aliphatic heterocycles. The molecule has 0 spiro atoms. The number of aliphatic hydroxyl groups is 1. The minimum Gasteiger partial charge on any atom is -0.479 e. The van der Waals surface area contributed by atoms with Crippen LogP contribution in [0.4, 0.5) is 0 Å². The Hall–Kier alpha value is -0.660. The Morgan fingerprint density at radius 1 is 1.47 bits per heavy atom. The minimum absolute atomic E-state index is 0.00448. The lowest BCUT2D eigenvalue weighted by Crippen LogP contribution is -2.51. The molecule has 0 aromatic heterocycles. The van der Waals surface area contributed by atoms with E-state index in [0.717, 1.165) is 0 Å². The van der Waals surface area contributed by atoms with Crippen molar-refractivity contribution in [3.8, 4) is 0 Å². The van der Waals surface area contributed by atoms with Crippen molar-refractivity contribution in [2.75, 3.05) is 24.7 Å². The summed E-state index contributed by atoms with van der Waals surface area (Å²) in [4.78, 5) is 11.0. The van der Waals surface area contributed by atoms with E-state index >= 15 is 0 Å². The molecule has 0 amide bonds. The molecule has 1 heterocycles. The Balaban J connectivity index is 2.85. The minimum atomic E-state index is -3.35. The third kappa shape index (κ3) is 2.90. The van der Waals surface area contributed by atoms with Crippen LogP contribution in [0.1, 0.15) is 12.8 Å². The van der Waals surface area contributed by atoms with Gasteiger partial charge in [-0.3, -0.25) is 0 Å². The summed E-state index contributed by atoms with van der Waals surface area (Å²) in [7, 11) is -3.35. The molecular formula is C8H14O6S. The number of ether oxygens (including phenoxy) is 1. The predicted octanol–water partition coefficient (Wildman–Crippen LogP) is -0.973. The molecule has 0 aromatic carbocycles. The van der Waals surface area contributed by atoms with Crippen LogP contribution in [-0.2, 0) is 19.4 Å².